The molecule has 2 aromatic rings. The number of ether oxygens (including phenoxy) is 1. The number of methoxy groups -OCH3 is 1. The molecule has 20 heavy (non-hydrogen) atoms. The zero-order chi connectivity index (χ0) is 15.8. The van der Waals surface area contributed by atoms with Crippen LogP contribution in [0.2, 0.25) is 0 Å². The number of hydrogen-bond acceptors (Lipinski definition) is 3. The van der Waals surface area contributed by atoms with Gasteiger partial charge in [-0.2, -0.15) is 0 Å². The summed E-state index contributed by atoms with van der Waals surface area (Å²) in [5, 5.41) is 0. The van der Waals surface area contributed by atoms with E-state index in [1.165, 1.54) is 10.6 Å². The van der Waals surface area contributed by atoms with E-state index < -0.39 is 0 Å². The molecule has 2 heterocycles. The Bertz CT molecular complexity index is 467. The van der Waals surface area contributed by atoms with Gasteiger partial charge in [0.25, 0.3) is 0 Å². The lowest BCUT2D eigenvalue weighted by atomic mass is 10.5. The minimum absolute atomic E-state index is 0.0347. The highest BCUT2D eigenvalue weighted by Crippen LogP contribution is 1.99. The van der Waals surface area contributed by atoms with Crippen LogP contribution in [0.25, 0.3) is 0 Å². The molecule has 0 bridgehead atoms. The number of pyridine rings is 2. The second-order valence-electron chi connectivity index (χ2n) is 3.02. The molecule has 0 amide bonds. The van der Waals surface area contributed by atoms with Crippen molar-refractivity contribution in [1.29, 1.82) is 0 Å². The molecule has 112 valence electrons. The van der Waals surface area contributed by atoms with E-state index in [2.05, 4.69) is 4.98 Å². The minimum Gasteiger partial charge on any atom is -0.481 e. The molecule has 0 radical (unpaired) electrons. The highest BCUT2D eigenvalue weighted by atomic mass is 16.5. The third-order valence-electron chi connectivity index (χ3n) is 1.85. The lowest BCUT2D eigenvalue weighted by Gasteiger charge is -1.92. The number of hydrogen-bond donors (Lipinski definition) is 0. The summed E-state index contributed by atoms with van der Waals surface area (Å²) in [6, 6.07) is 10.6. The second-order valence-corrected chi connectivity index (χ2v) is 3.02. The first-order chi connectivity index (χ1) is 9.74. The minimum atomic E-state index is 0.0347. The van der Waals surface area contributed by atoms with Crippen LogP contribution >= 0.6 is 0 Å². The summed E-state index contributed by atoms with van der Waals surface area (Å²) in [6.07, 6.45) is 3.42. The average molecular weight is 278 g/mol. The van der Waals surface area contributed by atoms with Crippen molar-refractivity contribution in [3.05, 3.63) is 59.1 Å². The van der Waals surface area contributed by atoms with E-state index in [0.717, 1.165) is 0 Å². The van der Waals surface area contributed by atoms with Gasteiger partial charge in [0.2, 0.25) is 11.4 Å². The quantitative estimate of drug-likeness (QED) is 0.801. The van der Waals surface area contributed by atoms with Gasteiger partial charge in [0.1, 0.15) is 0 Å². The van der Waals surface area contributed by atoms with Crippen molar-refractivity contribution in [2.45, 2.75) is 27.7 Å². The molecule has 0 atom stereocenters. The summed E-state index contributed by atoms with van der Waals surface area (Å²) in [5.74, 6) is 0.660. The molecule has 4 nitrogen and oxygen atoms in total. The summed E-state index contributed by atoms with van der Waals surface area (Å²) in [6.45, 7) is 8.00. The summed E-state index contributed by atoms with van der Waals surface area (Å²) in [4.78, 5) is 14.5. The lowest BCUT2D eigenvalue weighted by Crippen LogP contribution is -2.12. The van der Waals surface area contributed by atoms with Gasteiger partial charge in [0, 0.05) is 31.6 Å². The van der Waals surface area contributed by atoms with Crippen molar-refractivity contribution in [2.75, 3.05) is 7.11 Å². The Hall–Kier alpha value is -2.10. The molecule has 0 saturated heterocycles. The van der Waals surface area contributed by atoms with Crippen LogP contribution in [0, 0.1) is 0 Å². The van der Waals surface area contributed by atoms with E-state index in [1.807, 2.05) is 45.9 Å². The maximum atomic E-state index is 10.6. The molecule has 0 spiro atoms. The third-order valence-corrected chi connectivity index (χ3v) is 1.85. The average Bonchev–Trinajstić information content (AvgIpc) is 2.55. The van der Waals surface area contributed by atoms with Gasteiger partial charge in [0.15, 0.2) is 0 Å². The van der Waals surface area contributed by atoms with Crippen LogP contribution in [0.5, 0.6) is 5.88 Å². The van der Waals surface area contributed by atoms with E-state index in [9.17, 15) is 4.79 Å². The molecule has 0 saturated carbocycles. The normalized spacial score (nSPS) is 7.70. The molecule has 0 unspecified atom stereocenters. The molecule has 0 aliphatic carbocycles. The van der Waals surface area contributed by atoms with Crippen molar-refractivity contribution >= 4 is 0 Å². The SMILES string of the molecule is CC.CC.COc1ccccn1.Cn1ccccc1=O. The lowest BCUT2D eigenvalue weighted by molar-refractivity contribution is 0.398. The van der Waals surface area contributed by atoms with Gasteiger partial charge in [-0.1, -0.05) is 39.8 Å². The first kappa shape index (κ1) is 20.2. The molecule has 0 fully saturated rings. The van der Waals surface area contributed by atoms with Gasteiger partial charge in [-0.25, -0.2) is 4.98 Å². The van der Waals surface area contributed by atoms with Crippen LogP contribution in [0.15, 0.2) is 53.6 Å². The number of aromatic nitrogens is 2. The zero-order valence-corrected chi connectivity index (χ0v) is 13.3. The van der Waals surface area contributed by atoms with E-state index in [1.54, 1.807) is 38.7 Å². The van der Waals surface area contributed by atoms with Crippen LogP contribution in [-0.4, -0.2) is 16.7 Å². The molecule has 0 aliphatic rings. The van der Waals surface area contributed by atoms with Gasteiger partial charge in [0.05, 0.1) is 7.11 Å². The van der Waals surface area contributed by atoms with Crippen molar-refractivity contribution in [3.8, 4) is 5.88 Å². The Balaban J connectivity index is 0. The predicted molar refractivity (Wildman–Crippen MR) is 85.2 cm³/mol. The van der Waals surface area contributed by atoms with Gasteiger partial charge in [-0.15, -0.1) is 0 Å². The first-order valence-electron chi connectivity index (χ1n) is 6.80. The fourth-order valence-electron chi connectivity index (χ4n) is 0.976. The van der Waals surface area contributed by atoms with E-state index in [4.69, 9.17) is 4.74 Å². The van der Waals surface area contributed by atoms with Gasteiger partial charge in [-0.3, -0.25) is 4.79 Å². The Labute approximate surface area is 122 Å². The third kappa shape index (κ3) is 9.88. The van der Waals surface area contributed by atoms with Crippen molar-refractivity contribution < 1.29 is 4.74 Å². The highest BCUT2D eigenvalue weighted by molar-refractivity contribution is 5.08. The Morgan fingerprint density at radius 2 is 1.60 bits per heavy atom. The summed E-state index contributed by atoms with van der Waals surface area (Å²) < 4.78 is 6.33. The maximum Gasteiger partial charge on any atom is 0.250 e. The standard InChI is InChI=1S/2C6H7NO.2C2H6/c1-8-6-4-2-3-5-7-6;1-7-5-3-2-4-6(7)8;2*1-2/h2*2-5H,1H3;2*1-2H3. The number of aryl methyl sites for hydroxylation is 1. The monoisotopic (exact) mass is 278 g/mol. The Kier molecular flexibility index (Phi) is 15.1. The van der Waals surface area contributed by atoms with Crippen LogP contribution in [0.1, 0.15) is 27.7 Å². The molecule has 0 N–H and O–H groups in total. The van der Waals surface area contributed by atoms with Crippen molar-refractivity contribution in [2.24, 2.45) is 7.05 Å². The molecule has 0 aromatic carbocycles. The van der Waals surface area contributed by atoms with Gasteiger partial charge in [-0.05, 0) is 12.1 Å². The van der Waals surface area contributed by atoms with E-state index >= 15 is 0 Å². The highest BCUT2D eigenvalue weighted by Gasteiger charge is 1.82. The van der Waals surface area contributed by atoms with Crippen LogP contribution in [0.4, 0.5) is 0 Å². The molecule has 4 heteroatoms. The fourth-order valence-corrected chi connectivity index (χ4v) is 0.976. The van der Waals surface area contributed by atoms with E-state index in [-0.39, 0.29) is 5.56 Å². The summed E-state index contributed by atoms with van der Waals surface area (Å²) >= 11 is 0. The molecule has 2 rings (SSSR count). The van der Waals surface area contributed by atoms with Crippen molar-refractivity contribution in [1.82, 2.24) is 9.55 Å². The second kappa shape index (κ2) is 15.0. The largest absolute Gasteiger partial charge is 0.481 e. The van der Waals surface area contributed by atoms with Crippen LogP contribution < -0.4 is 10.3 Å². The van der Waals surface area contributed by atoms with Crippen molar-refractivity contribution in [3.63, 3.8) is 0 Å². The smallest absolute Gasteiger partial charge is 0.250 e. The first-order valence-corrected chi connectivity index (χ1v) is 6.80. The maximum absolute atomic E-state index is 10.6. The zero-order valence-electron chi connectivity index (χ0n) is 13.3. The Morgan fingerprint density at radius 1 is 1.00 bits per heavy atom. The Morgan fingerprint density at radius 3 is 1.90 bits per heavy atom. The van der Waals surface area contributed by atoms with Gasteiger partial charge >= 0.3 is 0 Å². The molecular formula is C16H26N2O2. The summed E-state index contributed by atoms with van der Waals surface area (Å²) in [5.41, 5.74) is 0.0347. The molecule has 0 aliphatic heterocycles. The van der Waals surface area contributed by atoms with Crippen LogP contribution in [-0.2, 0) is 7.05 Å². The molecule has 2 aromatic heterocycles. The topological polar surface area (TPSA) is 44.1 Å². The molecular weight excluding hydrogens is 252 g/mol. The van der Waals surface area contributed by atoms with E-state index in [0.29, 0.717) is 5.88 Å². The number of nitrogens with zero attached hydrogens (tertiary/aromatic N) is 2. The number of rotatable bonds is 1. The summed E-state index contributed by atoms with van der Waals surface area (Å²) in [7, 11) is 3.32. The fraction of sp³-hybridized carbons (Fsp3) is 0.375. The van der Waals surface area contributed by atoms with Gasteiger partial charge < -0.3 is 9.30 Å². The van der Waals surface area contributed by atoms with Crippen LogP contribution in [0.3, 0.4) is 0 Å². The predicted octanol–water partition coefficient (Wildman–Crippen LogP) is 3.53.